The number of nitrogens with one attached hydrogen (secondary N) is 1. The van der Waals surface area contributed by atoms with Gasteiger partial charge in [0.1, 0.15) is 5.75 Å². The van der Waals surface area contributed by atoms with Crippen molar-refractivity contribution < 1.29 is 9.53 Å². The number of rotatable bonds is 6. The highest BCUT2D eigenvalue weighted by atomic mass is 79.9. The minimum atomic E-state index is -0.175. The Bertz CT molecular complexity index is 1010. The second kappa shape index (κ2) is 8.89. The number of carbonyl (C=O) groups is 1. The van der Waals surface area contributed by atoms with Crippen LogP contribution in [0.4, 0.5) is 0 Å². The third kappa shape index (κ3) is 4.70. The van der Waals surface area contributed by atoms with Crippen LogP contribution in [0.25, 0.3) is 5.69 Å². The number of aryl methyl sites for hydroxylation is 1. The number of hydrogen-bond acceptors (Lipinski definition) is 3. The Morgan fingerprint density at radius 2 is 1.93 bits per heavy atom. The predicted molar refractivity (Wildman–Crippen MR) is 115 cm³/mol. The van der Waals surface area contributed by atoms with Crippen molar-refractivity contribution in [3.63, 3.8) is 0 Å². The van der Waals surface area contributed by atoms with Gasteiger partial charge in [-0.15, -0.1) is 0 Å². The minimum Gasteiger partial charge on any atom is -0.497 e. The molecule has 3 aromatic rings. The van der Waals surface area contributed by atoms with Gasteiger partial charge in [0.25, 0.3) is 0 Å². The molecule has 1 amide bonds. The van der Waals surface area contributed by atoms with Gasteiger partial charge in [-0.2, -0.15) is 5.10 Å². The molecule has 2 aromatic carbocycles. The Kier molecular flexibility index (Phi) is 6.31. The van der Waals surface area contributed by atoms with Crippen LogP contribution in [-0.2, 0) is 11.2 Å². The Morgan fingerprint density at radius 1 is 1.18 bits per heavy atom. The van der Waals surface area contributed by atoms with Crippen LogP contribution in [0.3, 0.4) is 0 Å². The highest BCUT2D eigenvalue weighted by molar-refractivity contribution is 9.10. The summed E-state index contributed by atoms with van der Waals surface area (Å²) in [4.78, 5) is 12.1. The van der Waals surface area contributed by atoms with Gasteiger partial charge in [-0.05, 0) is 61.9 Å². The molecule has 0 aliphatic carbocycles. The van der Waals surface area contributed by atoms with Crippen molar-refractivity contribution in [1.82, 2.24) is 9.99 Å². The molecule has 0 saturated carbocycles. The lowest BCUT2D eigenvalue weighted by Crippen LogP contribution is -2.19. The molecule has 1 N–H and O–H groups in total. The van der Waals surface area contributed by atoms with Gasteiger partial charge in [0, 0.05) is 27.1 Å². The third-order valence-electron chi connectivity index (χ3n) is 4.45. The van der Waals surface area contributed by atoms with E-state index in [1.807, 2.05) is 50.2 Å². The Hall–Kier alpha value is -2.86. The summed E-state index contributed by atoms with van der Waals surface area (Å²) in [5, 5.41) is 4.13. The van der Waals surface area contributed by atoms with E-state index in [-0.39, 0.29) is 12.3 Å². The third-order valence-corrected chi connectivity index (χ3v) is 4.98. The molecule has 1 aromatic heterocycles. The molecule has 3 rings (SSSR count). The molecule has 0 unspecified atom stereocenters. The number of methoxy groups -OCH3 is 1. The predicted octanol–water partition coefficient (Wildman–Crippen LogP) is 4.56. The maximum Gasteiger partial charge on any atom is 0.244 e. The van der Waals surface area contributed by atoms with Crippen molar-refractivity contribution in [3.8, 4) is 11.4 Å². The van der Waals surface area contributed by atoms with E-state index in [4.69, 9.17) is 4.74 Å². The van der Waals surface area contributed by atoms with E-state index in [1.54, 1.807) is 13.3 Å². The average Bonchev–Trinajstić information content (AvgIpc) is 2.96. The standard InChI is InChI=1S/C22H22BrN3O2/c1-15-11-18(16(2)26(15)20-9-7-19(23)8-10-20)14-24-25-22(27)13-17-5-4-6-21(12-17)28-3/h4-12,14H,13H2,1-3H3,(H,25,27)/b24-14+. The fourth-order valence-electron chi connectivity index (χ4n) is 3.09. The molecule has 144 valence electrons. The highest BCUT2D eigenvalue weighted by Crippen LogP contribution is 2.21. The van der Waals surface area contributed by atoms with E-state index in [1.165, 1.54) is 0 Å². The van der Waals surface area contributed by atoms with Gasteiger partial charge >= 0.3 is 0 Å². The number of benzene rings is 2. The molecule has 0 saturated heterocycles. The topological polar surface area (TPSA) is 55.6 Å². The van der Waals surface area contributed by atoms with Crippen molar-refractivity contribution in [2.75, 3.05) is 7.11 Å². The molecule has 0 aliphatic rings. The largest absolute Gasteiger partial charge is 0.497 e. The number of hydrazone groups is 1. The number of halogens is 1. The zero-order valence-corrected chi connectivity index (χ0v) is 17.7. The number of aromatic nitrogens is 1. The molecule has 0 aliphatic heterocycles. The Balaban J connectivity index is 1.68. The first kappa shape index (κ1) is 19.9. The van der Waals surface area contributed by atoms with Crippen LogP contribution in [0.5, 0.6) is 5.75 Å². The van der Waals surface area contributed by atoms with Crippen molar-refractivity contribution in [3.05, 3.63) is 81.6 Å². The second-order valence-corrected chi connectivity index (χ2v) is 7.38. The van der Waals surface area contributed by atoms with Gasteiger partial charge in [0.05, 0.1) is 19.7 Å². The zero-order chi connectivity index (χ0) is 20.1. The van der Waals surface area contributed by atoms with Crippen LogP contribution in [-0.4, -0.2) is 23.8 Å². The maximum absolute atomic E-state index is 12.1. The number of nitrogens with zero attached hydrogens (tertiary/aromatic N) is 2. The lowest BCUT2D eigenvalue weighted by molar-refractivity contribution is -0.120. The molecule has 1 heterocycles. The smallest absolute Gasteiger partial charge is 0.244 e. The number of hydrogen-bond donors (Lipinski definition) is 1. The summed E-state index contributed by atoms with van der Waals surface area (Å²) in [5.74, 6) is 0.556. The molecule has 28 heavy (non-hydrogen) atoms. The molecule has 0 spiro atoms. The first-order valence-electron chi connectivity index (χ1n) is 8.87. The quantitative estimate of drug-likeness (QED) is 0.452. The second-order valence-electron chi connectivity index (χ2n) is 6.46. The maximum atomic E-state index is 12.1. The van der Waals surface area contributed by atoms with Crippen LogP contribution >= 0.6 is 15.9 Å². The fourth-order valence-corrected chi connectivity index (χ4v) is 3.35. The van der Waals surface area contributed by atoms with E-state index in [0.717, 1.165) is 38.4 Å². The summed E-state index contributed by atoms with van der Waals surface area (Å²) >= 11 is 3.46. The summed E-state index contributed by atoms with van der Waals surface area (Å²) in [7, 11) is 1.61. The molecular formula is C22H22BrN3O2. The summed E-state index contributed by atoms with van der Waals surface area (Å²) < 4.78 is 8.38. The minimum absolute atomic E-state index is 0.175. The summed E-state index contributed by atoms with van der Waals surface area (Å²) in [6.07, 6.45) is 1.92. The van der Waals surface area contributed by atoms with E-state index >= 15 is 0 Å². The Morgan fingerprint density at radius 3 is 2.64 bits per heavy atom. The van der Waals surface area contributed by atoms with Crippen LogP contribution in [0.15, 0.2) is 64.2 Å². The summed E-state index contributed by atoms with van der Waals surface area (Å²) in [5.41, 5.74) is 7.68. The Labute approximate surface area is 173 Å². The van der Waals surface area contributed by atoms with Crippen molar-refractivity contribution >= 4 is 28.1 Å². The number of amides is 1. The average molecular weight is 440 g/mol. The molecule has 0 atom stereocenters. The van der Waals surface area contributed by atoms with Crippen molar-refractivity contribution in [2.45, 2.75) is 20.3 Å². The van der Waals surface area contributed by atoms with Crippen LogP contribution in [0.1, 0.15) is 22.5 Å². The summed E-state index contributed by atoms with van der Waals surface area (Å²) in [6.45, 7) is 4.09. The van der Waals surface area contributed by atoms with Crippen LogP contribution < -0.4 is 10.2 Å². The molecular weight excluding hydrogens is 418 g/mol. The monoisotopic (exact) mass is 439 g/mol. The van der Waals surface area contributed by atoms with E-state index in [2.05, 4.69) is 49.2 Å². The molecule has 6 heteroatoms. The SMILES string of the molecule is COc1cccc(CC(=O)N/N=C/c2cc(C)n(-c3ccc(Br)cc3)c2C)c1. The van der Waals surface area contributed by atoms with Crippen molar-refractivity contribution in [1.29, 1.82) is 0 Å². The lowest BCUT2D eigenvalue weighted by atomic mass is 10.1. The van der Waals surface area contributed by atoms with Gasteiger partial charge in [-0.25, -0.2) is 5.43 Å². The number of carbonyl (C=O) groups excluding carboxylic acids is 1. The molecule has 0 radical (unpaired) electrons. The van der Waals surface area contributed by atoms with E-state index in [0.29, 0.717) is 0 Å². The lowest BCUT2D eigenvalue weighted by Gasteiger charge is -2.09. The fraction of sp³-hybridized carbons (Fsp3) is 0.182. The summed E-state index contributed by atoms with van der Waals surface area (Å²) in [6, 6.07) is 17.6. The van der Waals surface area contributed by atoms with E-state index < -0.39 is 0 Å². The molecule has 0 bridgehead atoms. The van der Waals surface area contributed by atoms with Gasteiger partial charge < -0.3 is 9.30 Å². The van der Waals surface area contributed by atoms with Gasteiger partial charge in [0.2, 0.25) is 5.91 Å². The van der Waals surface area contributed by atoms with Gasteiger partial charge in [-0.3, -0.25) is 4.79 Å². The zero-order valence-electron chi connectivity index (χ0n) is 16.1. The van der Waals surface area contributed by atoms with Crippen LogP contribution in [0, 0.1) is 13.8 Å². The van der Waals surface area contributed by atoms with Crippen molar-refractivity contribution in [2.24, 2.45) is 5.10 Å². The first-order valence-corrected chi connectivity index (χ1v) is 9.67. The van der Waals surface area contributed by atoms with Gasteiger partial charge in [0.15, 0.2) is 0 Å². The van der Waals surface area contributed by atoms with Gasteiger partial charge in [-0.1, -0.05) is 28.1 Å². The van der Waals surface area contributed by atoms with Crippen LogP contribution in [0.2, 0.25) is 0 Å². The van der Waals surface area contributed by atoms with E-state index in [9.17, 15) is 4.79 Å². The number of ether oxygens (including phenoxy) is 1. The molecule has 0 fully saturated rings. The normalized spacial score (nSPS) is 11.0. The molecule has 5 nitrogen and oxygen atoms in total. The first-order chi connectivity index (χ1) is 13.5. The highest BCUT2D eigenvalue weighted by Gasteiger charge is 2.09.